The van der Waals surface area contributed by atoms with Crippen LogP contribution >= 0.6 is 0 Å². The zero-order valence-corrected chi connectivity index (χ0v) is 17.6. The largest absolute Gasteiger partial charge is 0.471 e. The van der Waals surface area contributed by atoms with Crippen molar-refractivity contribution in [2.75, 3.05) is 18.2 Å². The van der Waals surface area contributed by atoms with Gasteiger partial charge >= 0.3 is 0 Å². The zero-order valence-electron chi connectivity index (χ0n) is 17.6. The van der Waals surface area contributed by atoms with E-state index in [4.69, 9.17) is 9.47 Å². The monoisotopic (exact) mass is 432 g/mol. The first-order chi connectivity index (χ1) is 15.7. The molecule has 2 bridgehead atoms. The number of para-hydroxylation sites is 3. The van der Waals surface area contributed by atoms with E-state index in [1.165, 1.54) is 0 Å². The summed E-state index contributed by atoms with van der Waals surface area (Å²) in [7, 11) is 0. The van der Waals surface area contributed by atoms with Crippen LogP contribution < -0.4 is 15.2 Å². The molecule has 3 aromatic rings. The molecule has 2 aromatic carbocycles. The Hall–Kier alpha value is -3.39. The molecule has 164 valence electrons. The third-order valence-corrected chi connectivity index (χ3v) is 6.63. The van der Waals surface area contributed by atoms with Crippen LogP contribution in [0.25, 0.3) is 10.9 Å². The van der Waals surface area contributed by atoms with Crippen LogP contribution in [0.4, 0.5) is 5.69 Å². The molecule has 0 aliphatic carbocycles. The minimum Gasteiger partial charge on any atom is -0.471 e. The number of aromatic amines is 1. The fourth-order valence-electron chi connectivity index (χ4n) is 5.02. The number of ether oxygens (including phenoxy) is 2. The zero-order chi connectivity index (χ0) is 21.7. The quantitative estimate of drug-likeness (QED) is 0.666. The molecule has 3 saturated heterocycles. The predicted octanol–water partition coefficient (Wildman–Crippen LogP) is 2.43. The number of rotatable bonds is 5. The highest BCUT2D eigenvalue weighted by molar-refractivity contribution is 5.78. The van der Waals surface area contributed by atoms with E-state index >= 15 is 0 Å². The lowest BCUT2D eigenvalue weighted by atomic mass is 9.91. The summed E-state index contributed by atoms with van der Waals surface area (Å²) >= 11 is 0. The minimum absolute atomic E-state index is 0.0784. The molecule has 7 rings (SSSR count). The van der Waals surface area contributed by atoms with Crippen molar-refractivity contribution in [2.45, 2.75) is 44.1 Å². The number of nitrogens with one attached hydrogen (secondary N) is 1. The molecule has 1 amide bonds. The van der Waals surface area contributed by atoms with Gasteiger partial charge in [0.1, 0.15) is 17.6 Å². The summed E-state index contributed by atoms with van der Waals surface area (Å²) in [5.74, 6) is 1.57. The first-order valence-electron chi connectivity index (χ1n) is 11.1. The first kappa shape index (κ1) is 19.3. The lowest BCUT2D eigenvalue weighted by Crippen LogP contribution is -2.73. The fourth-order valence-corrected chi connectivity index (χ4v) is 5.02. The summed E-state index contributed by atoms with van der Waals surface area (Å²) in [6, 6.07) is 15.4. The van der Waals surface area contributed by atoms with E-state index in [-0.39, 0.29) is 29.8 Å². The fraction of sp³-hybridized carbons (Fsp3) is 0.375. The number of hydrogen-bond acceptors (Lipinski definition) is 6. The molecule has 5 heterocycles. The van der Waals surface area contributed by atoms with E-state index < -0.39 is 0 Å². The number of piperidine rings is 1. The number of H-pyrrole nitrogens is 1. The summed E-state index contributed by atoms with van der Waals surface area (Å²) in [5, 5.41) is 0.579. The molecule has 0 spiro atoms. The molecule has 1 aromatic heterocycles. The summed E-state index contributed by atoms with van der Waals surface area (Å²) in [6.07, 6.45) is 2.27. The van der Waals surface area contributed by atoms with Crippen molar-refractivity contribution in [1.29, 1.82) is 0 Å². The maximum absolute atomic E-state index is 13.0. The number of anilines is 1. The molecule has 0 saturated carbocycles. The second-order valence-electron chi connectivity index (χ2n) is 8.53. The standard InChI is InChI=1S/C24H24N4O4/c29-21(11-5-10-20-25-16-7-2-1-6-15(16)23(30)26-20)27-13-12-19-22(24(27)32-19)28-14-31-18-9-4-3-8-17(18)28/h1-4,6-9,19,22,24H,5,10-14H2,(H,25,26,30). The van der Waals surface area contributed by atoms with Gasteiger partial charge < -0.3 is 24.3 Å². The van der Waals surface area contributed by atoms with Crippen LogP contribution in [-0.2, 0) is 16.0 Å². The molecule has 1 N–H and O–H groups in total. The SMILES string of the molecule is O=C(CCCc1nc2ccccc2c(=O)[nH]1)N1CCC2OC1C2N1COc2ccccc21. The topological polar surface area (TPSA) is 87.8 Å². The highest BCUT2D eigenvalue weighted by Gasteiger charge is 2.54. The van der Waals surface area contributed by atoms with Crippen LogP contribution in [0, 0.1) is 0 Å². The summed E-state index contributed by atoms with van der Waals surface area (Å²) < 4.78 is 11.8. The molecule has 3 fully saturated rings. The molecule has 8 nitrogen and oxygen atoms in total. The average Bonchev–Trinajstić information content (AvgIpc) is 3.22. The molecular formula is C24H24N4O4. The van der Waals surface area contributed by atoms with Gasteiger partial charge in [-0.1, -0.05) is 24.3 Å². The van der Waals surface area contributed by atoms with Crippen LogP contribution in [0.3, 0.4) is 0 Å². The number of benzene rings is 2. The van der Waals surface area contributed by atoms with Gasteiger partial charge in [0.2, 0.25) is 5.91 Å². The van der Waals surface area contributed by atoms with Crippen LogP contribution in [0.1, 0.15) is 25.1 Å². The Labute approximate surface area is 184 Å². The highest BCUT2D eigenvalue weighted by atomic mass is 16.6. The Morgan fingerprint density at radius 1 is 1.16 bits per heavy atom. The van der Waals surface area contributed by atoms with Gasteiger partial charge in [-0.05, 0) is 37.1 Å². The third kappa shape index (κ3) is 3.14. The second kappa shape index (κ2) is 7.63. The average molecular weight is 432 g/mol. The van der Waals surface area contributed by atoms with Gasteiger partial charge in [0.15, 0.2) is 13.0 Å². The van der Waals surface area contributed by atoms with Crippen LogP contribution in [-0.4, -0.2) is 52.4 Å². The molecule has 4 aliphatic rings. The molecule has 0 radical (unpaired) electrons. The van der Waals surface area contributed by atoms with Gasteiger partial charge in [-0.3, -0.25) is 9.59 Å². The number of carbonyl (C=O) groups is 1. The molecule has 32 heavy (non-hydrogen) atoms. The Balaban J connectivity index is 1.10. The summed E-state index contributed by atoms with van der Waals surface area (Å²) in [4.78, 5) is 36.7. The second-order valence-corrected chi connectivity index (χ2v) is 8.53. The van der Waals surface area contributed by atoms with E-state index in [1.54, 1.807) is 6.07 Å². The van der Waals surface area contributed by atoms with Crippen LogP contribution in [0.5, 0.6) is 5.75 Å². The van der Waals surface area contributed by atoms with Crippen molar-refractivity contribution in [2.24, 2.45) is 0 Å². The first-order valence-corrected chi connectivity index (χ1v) is 11.1. The van der Waals surface area contributed by atoms with Crippen LogP contribution in [0.2, 0.25) is 0 Å². The number of aromatic nitrogens is 2. The summed E-state index contributed by atoms with van der Waals surface area (Å²) in [6.45, 7) is 1.20. The van der Waals surface area contributed by atoms with E-state index in [9.17, 15) is 9.59 Å². The molecular weight excluding hydrogens is 408 g/mol. The lowest BCUT2D eigenvalue weighted by molar-refractivity contribution is -0.246. The smallest absolute Gasteiger partial charge is 0.258 e. The van der Waals surface area contributed by atoms with Crippen molar-refractivity contribution >= 4 is 22.5 Å². The Morgan fingerprint density at radius 2 is 2.00 bits per heavy atom. The Bertz CT molecular complexity index is 1240. The molecule has 4 aliphatic heterocycles. The van der Waals surface area contributed by atoms with Gasteiger partial charge in [0.25, 0.3) is 5.56 Å². The molecule has 8 heteroatoms. The van der Waals surface area contributed by atoms with Crippen molar-refractivity contribution < 1.29 is 14.3 Å². The number of aryl methyl sites for hydroxylation is 1. The molecule has 3 unspecified atom stereocenters. The van der Waals surface area contributed by atoms with E-state index in [0.29, 0.717) is 49.3 Å². The maximum atomic E-state index is 13.0. The summed E-state index contributed by atoms with van der Waals surface area (Å²) in [5.41, 5.74) is 1.60. The maximum Gasteiger partial charge on any atom is 0.258 e. The Kier molecular flexibility index (Phi) is 4.61. The van der Waals surface area contributed by atoms with Crippen molar-refractivity contribution in [3.63, 3.8) is 0 Å². The van der Waals surface area contributed by atoms with E-state index in [2.05, 4.69) is 20.9 Å². The number of fused-ring (bicyclic) bond motifs is 4. The molecule has 3 atom stereocenters. The van der Waals surface area contributed by atoms with Gasteiger partial charge in [-0.15, -0.1) is 0 Å². The van der Waals surface area contributed by atoms with Crippen molar-refractivity contribution in [1.82, 2.24) is 14.9 Å². The normalized spacial score (nSPS) is 23.6. The van der Waals surface area contributed by atoms with Crippen LogP contribution in [0.15, 0.2) is 53.3 Å². The lowest BCUT2D eigenvalue weighted by Gasteiger charge is -2.57. The van der Waals surface area contributed by atoms with Gasteiger partial charge in [0.05, 0.1) is 22.7 Å². The van der Waals surface area contributed by atoms with E-state index in [1.807, 2.05) is 41.3 Å². The number of hydrogen-bond donors (Lipinski definition) is 1. The minimum atomic E-state index is -0.241. The van der Waals surface area contributed by atoms with Crippen molar-refractivity contribution in [3.8, 4) is 5.75 Å². The Morgan fingerprint density at radius 3 is 2.91 bits per heavy atom. The predicted molar refractivity (Wildman–Crippen MR) is 118 cm³/mol. The highest BCUT2D eigenvalue weighted by Crippen LogP contribution is 2.43. The van der Waals surface area contributed by atoms with Gasteiger partial charge in [-0.2, -0.15) is 0 Å². The van der Waals surface area contributed by atoms with Crippen molar-refractivity contribution in [3.05, 3.63) is 64.7 Å². The number of carbonyl (C=O) groups excluding carboxylic acids is 1. The van der Waals surface area contributed by atoms with Gasteiger partial charge in [0, 0.05) is 19.4 Å². The van der Waals surface area contributed by atoms with E-state index in [0.717, 1.165) is 17.9 Å². The number of nitrogens with zero attached hydrogens (tertiary/aromatic N) is 3. The van der Waals surface area contributed by atoms with Gasteiger partial charge in [-0.25, -0.2) is 4.98 Å². The number of amides is 1. The third-order valence-electron chi connectivity index (χ3n) is 6.63.